The molecule has 1 aromatic heterocycles. The Labute approximate surface area is 108 Å². The standard InChI is InChI=1S/C10H11ClN2OS2/c11-7-4-3-6(16-7)10(14)13-8(9(12)15)5-1-2-5/h3-5,8H,1-2H2,(H2,12,15)(H,13,14). The predicted molar refractivity (Wildman–Crippen MR) is 70.1 cm³/mol. The van der Waals surface area contributed by atoms with Crippen molar-refractivity contribution in [1.29, 1.82) is 0 Å². The van der Waals surface area contributed by atoms with Crippen molar-refractivity contribution in [2.45, 2.75) is 18.9 Å². The highest BCUT2D eigenvalue weighted by Crippen LogP contribution is 2.33. The van der Waals surface area contributed by atoms with Gasteiger partial charge in [0.15, 0.2) is 0 Å². The molecule has 0 radical (unpaired) electrons. The maximum atomic E-state index is 11.8. The van der Waals surface area contributed by atoms with Crippen molar-refractivity contribution in [3.05, 3.63) is 21.3 Å². The molecule has 1 aliphatic carbocycles. The number of amides is 1. The summed E-state index contributed by atoms with van der Waals surface area (Å²) in [6, 6.07) is 3.23. The van der Waals surface area contributed by atoms with Crippen LogP contribution >= 0.6 is 35.2 Å². The Kier molecular flexibility index (Phi) is 3.47. The van der Waals surface area contributed by atoms with Crippen LogP contribution in [0.15, 0.2) is 12.1 Å². The second-order valence-electron chi connectivity index (χ2n) is 3.79. The summed E-state index contributed by atoms with van der Waals surface area (Å²) in [7, 11) is 0. The lowest BCUT2D eigenvalue weighted by molar-refractivity contribution is 0.0948. The Hall–Kier alpha value is -0.650. The first-order chi connectivity index (χ1) is 7.58. The maximum Gasteiger partial charge on any atom is 0.261 e. The fraction of sp³-hybridized carbons (Fsp3) is 0.400. The molecule has 0 spiro atoms. The number of hydrogen-bond acceptors (Lipinski definition) is 3. The molecule has 16 heavy (non-hydrogen) atoms. The molecule has 0 aromatic carbocycles. The minimum absolute atomic E-state index is 0.151. The highest BCUT2D eigenvalue weighted by Gasteiger charge is 2.34. The van der Waals surface area contributed by atoms with Gasteiger partial charge in [-0.15, -0.1) is 11.3 Å². The van der Waals surface area contributed by atoms with Crippen LogP contribution in [0, 0.1) is 5.92 Å². The lowest BCUT2D eigenvalue weighted by atomic mass is 10.2. The van der Waals surface area contributed by atoms with E-state index >= 15 is 0 Å². The van der Waals surface area contributed by atoms with Gasteiger partial charge < -0.3 is 11.1 Å². The summed E-state index contributed by atoms with van der Waals surface area (Å²) in [4.78, 5) is 12.8. The Morgan fingerprint density at radius 2 is 2.31 bits per heavy atom. The second-order valence-corrected chi connectivity index (χ2v) is 5.98. The van der Waals surface area contributed by atoms with Crippen LogP contribution in [0.3, 0.4) is 0 Å². The number of carbonyl (C=O) groups excluding carboxylic acids is 1. The first-order valence-electron chi connectivity index (χ1n) is 4.93. The van der Waals surface area contributed by atoms with Gasteiger partial charge in [-0.25, -0.2) is 0 Å². The van der Waals surface area contributed by atoms with Crippen molar-refractivity contribution in [3.63, 3.8) is 0 Å². The zero-order chi connectivity index (χ0) is 11.7. The van der Waals surface area contributed by atoms with Gasteiger partial charge in [-0.2, -0.15) is 0 Å². The van der Waals surface area contributed by atoms with Gasteiger partial charge in [0, 0.05) is 0 Å². The quantitative estimate of drug-likeness (QED) is 0.828. The van der Waals surface area contributed by atoms with Crippen molar-refractivity contribution >= 4 is 46.1 Å². The van der Waals surface area contributed by atoms with Crippen LogP contribution in [0.5, 0.6) is 0 Å². The van der Waals surface area contributed by atoms with Gasteiger partial charge in [-0.3, -0.25) is 4.79 Å². The van der Waals surface area contributed by atoms with Gasteiger partial charge >= 0.3 is 0 Å². The normalized spacial score (nSPS) is 16.8. The summed E-state index contributed by atoms with van der Waals surface area (Å²) in [6.45, 7) is 0. The summed E-state index contributed by atoms with van der Waals surface area (Å²) in [6.07, 6.45) is 2.15. The van der Waals surface area contributed by atoms with Crippen LogP contribution in [0.4, 0.5) is 0 Å². The van der Waals surface area contributed by atoms with Crippen LogP contribution in [-0.2, 0) is 0 Å². The number of rotatable bonds is 4. The lowest BCUT2D eigenvalue weighted by Gasteiger charge is -2.15. The number of nitrogens with one attached hydrogen (secondary N) is 1. The molecule has 3 N–H and O–H groups in total. The summed E-state index contributed by atoms with van der Waals surface area (Å²) in [5, 5.41) is 2.85. The van der Waals surface area contributed by atoms with Crippen molar-refractivity contribution in [2.24, 2.45) is 11.7 Å². The molecule has 1 aliphatic rings. The van der Waals surface area contributed by atoms with E-state index in [4.69, 9.17) is 29.6 Å². The van der Waals surface area contributed by atoms with E-state index in [-0.39, 0.29) is 11.9 Å². The summed E-state index contributed by atoms with van der Waals surface area (Å²) >= 11 is 12.0. The Morgan fingerprint density at radius 3 is 2.75 bits per heavy atom. The number of thiophene rings is 1. The van der Waals surface area contributed by atoms with E-state index in [9.17, 15) is 4.79 Å². The Morgan fingerprint density at radius 1 is 1.62 bits per heavy atom. The minimum atomic E-state index is -0.177. The predicted octanol–water partition coefficient (Wildman–Crippen LogP) is 2.20. The molecule has 0 aliphatic heterocycles. The average Bonchev–Trinajstić information content (AvgIpc) is 2.96. The first kappa shape index (κ1) is 11.8. The number of halogens is 1. The van der Waals surface area contributed by atoms with Crippen LogP contribution in [0.2, 0.25) is 4.34 Å². The fourth-order valence-corrected chi connectivity index (χ4v) is 2.70. The topological polar surface area (TPSA) is 55.1 Å². The zero-order valence-corrected chi connectivity index (χ0v) is 10.8. The highest BCUT2D eigenvalue weighted by molar-refractivity contribution is 7.80. The molecule has 1 unspecified atom stereocenters. The number of carbonyl (C=O) groups is 1. The minimum Gasteiger partial charge on any atom is -0.392 e. The van der Waals surface area contributed by atoms with E-state index in [2.05, 4.69) is 5.32 Å². The molecule has 86 valence electrons. The highest BCUT2D eigenvalue weighted by atomic mass is 35.5. The van der Waals surface area contributed by atoms with E-state index in [1.54, 1.807) is 12.1 Å². The lowest BCUT2D eigenvalue weighted by Crippen LogP contribution is -2.44. The number of nitrogens with two attached hydrogens (primary N) is 1. The fourth-order valence-electron chi connectivity index (χ4n) is 1.50. The van der Waals surface area contributed by atoms with Crippen LogP contribution in [0.1, 0.15) is 22.5 Å². The number of thiocarbonyl (C=S) groups is 1. The van der Waals surface area contributed by atoms with Crippen LogP contribution in [0.25, 0.3) is 0 Å². The van der Waals surface area contributed by atoms with E-state index in [1.807, 2.05) is 0 Å². The van der Waals surface area contributed by atoms with E-state index in [0.717, 1.165) is 12.8 Å². The molecule has 0 saturated heterocycles. The van der Waals surface area contributed by atoms with Crippen molar-refractivity contribution in [1.82, 2.24) is 5.32 Å². The molecule has 0 bridgehead atoms. The molecule has 1 atom stereocenters. The van der Waals surface area contributed by atoms with E-state index < -0.39 is 0 Å². The van der Waals surface area contributed by atoms with Crippen LogP contribution < -0.4 is 11.1 Å². The molecule has 1 saturated carbocycles. The molecule has 6 heteroatoms. The number of hydrogen-bond donors (Lipinski definition) is 2. The van der Waals surface area contributed by atoms with Gasteiger partial charge in [0.05, 0.1) is 20.2 Å². The molecule has 1 fully saturated rings. The average molecular weight is 275 g/mol. The molecule has 2 rings (SSSR count). The smallest absolute Gasteiger partial charge is 0.261 e. The molecular formula is C10H11ClN2OS2. The van der Waals surface area contributed by atoms with Crippen molar-refractivity contribution in [3.8, 4) is 0 Å². The first-order valence-corrected chi connectivity index (χ1v) is 6.53. The second kappa shape index (κ2) is 4.69. The SMILES string of the molecule is NC(=S)C(NC(=O)c1ccc(Cl)s1)C1CC1. The summed E-state index contributed by atoms with van der Waals surface area (Å²) < 4.78 is 0.600. The Balaban J connectivity index is 2.02. The van der Waals surface area contributed by atoms with Gasteiger partial charge in [-0.05, 0) is 30.9 Å². The van der Waals surface area contributed by atoms with Crippen molar-refractivity contribution < 1.29 is 4.79 Å². The molecule has 1 heterocycles. The van der Waals surface area contributed by atoms with Gasteiger partial charge in [0.1, 0.15) is 0 Å². The van der Waals surface area contributed by atoms with Gasteiger partial charge in [0.2, 0.25) is 0 Å². The molecule has 1 aromatic rings. The Bertz CT molecular complexity index is 428. The van der Waals surface area contributed by atoms with Crippen LogP contribution in [-0.4, -0.2) is 16.9 Å². The molecule has 1 amide bonds. The maximum absolute atomic E-state index is 11.8. The van der Waals surface area contributed by atoms with E-state index in [0.29, 0.717) is 20.1 Å². The molecule has 3 nitrogen and oxygen atoms in total. The summed E-state index contributed by atoms with van der Waals surface area (Å²) in [5.74, 6) is 0.262. The third kappa shape index (κ3) is 2.72. The monoisotopic (exact) mass is 274 g/mol. The van der Waals surface area contributed by atoms with Gasteiger partial charge in [0.25, 0.3) is 5.91 Å². The third-order valence-corrected chi connectivity index (χ3v) is 3.97. The van der Waals surface area contributed by atoms with Gasteiger partial charge in [-0.1, -0.05) is 23.8 Å². The van der Waals surface area contributed by atoms with Crippen molar-refractivity contribution in [2.75, 3.05) is 0 Å². The van der Waals surface area contributed by atoms with E-state index in [1.165, 1.54) is 11.3 Å². The third-order valence-electron chi connectivity index (χ3n) is 2.48. The largest absolute Gasteiger partial charge is 0.392 e. The zero-order valence-electron chi connectivity index (χ0n) is 8.40. The molecular weight excluding hydrogens is 264 g/mol. The summed E-state index contributed by atoms with van der Waals surface area (Å²) in [5.41, 5.74) is 5.60.